The Morgan fingerprint density at radius 3 is 2.85 bits per heavy atom. The van der Waals surface area contributed by atoms with E-state index in [1.165, 1.54) is 0 Å². The lowest BCUT2D eigenvalue weighted by Gasteiger charge is -2.40. The van der Waals surface area contributed by atoms with Gasteiger partial charge in [-0.1, -0.05) is 0 Å². The number of fused-ring (bicyclic) bond motifs is 2. The maximum atomic E-state index is 13.0. The molecular weight excluding hydrogens is 328 g/mol. The zero-order chi connectivity index (χ0) is 17.5. The van der Waals surface area contributed by atoms with Crippen LogP contribution in [-0.2, 0) is 0 Å². The molecule has 2 fully saturated rings. The Morgan fingerprint density at radius 1 is 1.08 bits per heavy atom. The molecule has 3 aromatic rings. The van der Waals surface area contributed by atoms with Crippen LogP contribution in [0.5, 0.6) is 0 Å². The number of hydrogen-bond acceptors (Lipinski definition) is 5. The molecule has 26 heavy (non-hydrogen) atoms. The minimum absolute atomic E-state index is 0.110. The molecule has 0 spiro atoms. The Morgan fingerprint density at radius 2 is 1.96 bits per heavy atom. The molecule has 132 valence electrons. The van der Waals surface area contributed by atoms with E-state index in [9.17, 15) is 4.79 Å². The van der Waals surface area contributed by atoms with Crippen molar-refractivity contribution in [2.24, 2.45) is 0 Å². The highest BCUT2D eigenvalue weighted by Gasteiger charge is 2.43. The van der Waals surface area contributed by atoms with E-state index in [0.29, 0.717) is 11.6 Å². The number of aromatic amines is 1. The highest BCUT2D eigenvalue weighted by atomic mass is 16.2. The second kappa shape index (κ2) is 6.09. The Bertz CT molecular complexity index is 939. The van der Waals surface area contributed by atoms with Crippen LogP contribution in [0.25, 0.3) is 11.0 Å². The van der Waals surface area contributed by atoms with E-state index in [2.05, 4.69) is 29.7 Å². The van der Waals surface area contributed by atoms with Crippen LogP contribution in [0.15, 0.2) is 43.1 Å². The van der Waals surface area contributed by atoms with Crippen LogP contribution >= 0.6 is 0 Å². The number of nitrogens with zero attached hydrogens (tertiary/aromatic N) is 5. The normalized spacial score (nSPS) is 22.6. The molecule has 2 atom stereocenters. The van der Waals surface area contributed by atoms with Crippen molar-refractivity contribution in [3.05, 3.63) is 48.7 Å². The van der Waals surface area contributed by atoms with Gasteiger partial charge in [-0.15, -0.1) is 0 Å². The zero-order valence-electron chi connectivity index (χ0n) is 14.4. The first-order chi connectivity index (χ1) is 12.8. The molecule has 5 rings (SSSR count). The van der Waals surface area contributed by atoms with Gasteiger partial charge in [-0.2, -0.15) is 0 Å². The van der Waals surface area contributed by atoms with E-state index in [0.717, 1.165) is 49.2 Å². The van der Waals surface area contributed by atoms with Crippen LogP contribution in [0.4, 0.5) is 5.82 Å². The third-order valence-electron chi connectivity index (χ3n) is 5.60. The number of rotatable bonds is 2. The number of carbonyl (C=O) groups excluding carboxylic acids is 1. The molecule has 7 nitrogen and oxygen atoms in total. The first kappa shape index (κ1) is 15.3. The fraction of sp³-hybridized carbons (Fsp3) is 0.368. The number of pyridine rings is 1. The summed E-state index contributed by atoms with van der Waals surface area (Å²) >= 11 is 0. The largest absolute Gasteiger partial charge is 0.351 e. The van der Waals surface area contributed by atoms with E-state index in [1.807, 2.05) is 12.3 Å². The summed E-state index contributed by atoms with van der Waals surface area (Å²) in [5.41, 5.74) is 1.58. The molecule has 0 unspecified atom stereocenters. The van der Waals surface area contributed by atoms with Gasteiger partial charge in [0, 0.05) is 37.2 Å². The van der Waals surface area contributed by atoms with E-state index in [1.54, 1.807) is 30.9 Å². The van der Waals surface area contributed by atoms with Crippen LogP contribution in [0.2, 0.25) is 0 Å². The van der Waals surface area contributed by atoms with Gasteiger partial charge in [-0.05, 0) is 37.5 Å². The number of carbonyl (C=O) groups is 1. The van der Waals surface area contributed by atoms with Gasteiger partial charge in [0.25, 0.3) is 5.91 Å². The molecule has 7 heteroatoms. The second-order valence-corrected chi connectivity index (χ2v) is 6.93. The summed E-state index contributed by atoms with van der Waals surface area (Å²) in [4.78, 5) is 33.5. The summed E-state index contributed by atoms with van der Waals surface area (Å²) in [7, 11) is 0. The molecule has 5 heterocycles. The molecule has 0 bridgehead atoms. The van der Waals surface area contributed by atoms with Crippen LogP contribution in [0.1, 0.15) is 29.6 Å². The monoisotopic (exact) mass is 348 g/mol. The topological polar surface area (TPSA) is 78.0 Å². The second-order valence-electron chi connectivity index (χ2n) is 6.93. The highest BCUT2D eigenvalue weighted by molar-refractivity contribution is 5.94. The number of hydrogen-bond donors (Lipinski definition) is 1. The molecule has 2 aliphatic rings. The average molecular weight is 348 g/mol. The number of H-pyrrole nitrogens is 1. The lowest BCUT2D eigenvalue weighted by molar-refractivity contribution is 0.0608. The van der Waals surface area contributed by atoms with E-state index in [-0.39, 0.29) is 11.9 Å². The highest BCUT2D eigenvalue weighted by Crippen LogP contribution is 2.36. The first-order valence-electron chi connectivity index (χ1n) is 9.08. The SMILES string of the molecule is O=C(c1ccncc1)N1CCC[C@@H]2[C@H]1CCN2c1ncnc2[nH]ccc12. The summed E-state index contributed by atoms with van der Waals surface area (Å²) in [5.74, 6) is 1.08. The van der Waals surface area contributed by atoms with Crippen molar-refractivity contribution in [3.8, 4) is 0 Å². The molecule has 1 N–H and O–H groups in total. The molecule has 0 saturated carbocycles. The van der Waals surface area contributed by atoms with Gasteiger partial charge in [0.2, 0.25) is 0 Å². The van der Waals surface area contributed by atoms with E-state index >= 15 is 0 Å². The standard InChI is InChI=1S/C19H20N6O/c26-19(13-3-7-20-8-4-13)25-10-1-2-15-16(25)6-11-24(15)18-14-5-9-21-17(14)22-12-23-18/h3-5,7-9,12,15-16H,1-2,6,10-11H2,(H,21,22,23)/t15-,16-/m1/s1. The summed E-state index contributed by atoms with van der Waals surface area (Å²) in [6.07, 6.45) is 9.94. The predicted octanol–water partition coefficient (Wildman–Crippen LogP) is 2.24. The zero-order valence-corrected chi connectivity index (χ0v) is 14.4. The molecule has 2 saturated heterocycles. The van der Waals surface area contributed by atoms with Gasteiger partial charge in [-0.3, -0.25) is 9.78 Å². The van der Waals surface area contributed by atoms with Crippen molar-refractivity contribution in [1.82, 2.24) is 24.8 Å². The van der Waals surface area contributed by atoms with Crippen molar-refractivity contribution in [2.75, 3.05) is 18.0 Å². The lowest BCUT2D eigenvalue weighted by atomic mass is 9.96. The smallest absolute Gasteiger partial charge is 0.254 e. The van der Waals surface area contributed by atoms with Crippen molar-refractivity contribution in [2.45, 2.75) is 31.3 Å². The quantitative estimate of drug-likeness (QED) is 0.768. The van der Waals surface area contributed by atoms with Gasteiger partial charge >= 0.3 is 0 Å². The predicted molar refractivity (Wildman–Crippen MR) is 97.9 cm³/mol. The Hall–Kier alpha value is -2.96. The van der Waals surface area contributed by atoms with Crippen LogP contribution in [0, 0.1) is 0 Å². The third kappa shape index (κ3) is 2.34. The Kier molecular flexibility index (Phi) is 3.58. The average Bonchev–Trinajstić information content (AvgIpc) is 3.34. The van der Waals surface area contributed by atoms with Crippen LogP contribution in [0.3, 0.4) is 0 Å². The number of nitrogens with one attached hydrogen (secondary N) is 1. The maximum absolute atomic E-state index is 13.0. The lowest BCUT2D eigenvalue weighted by Crippen LogP contribution is -2.52. The van der Waals surface area contributed by atoms with Gasteiger partial charge in [0.1, 0.15) is 17.8 Å². The van der Waals surface area contributed by atoms with Gasteiger partial charge in [-0.25, -0.2) is 9.97 Å². The molecule has 0 aliphatic carbocycles. The third-order valence-corrected chi connectivity index (χ3v) is 5.60. The minimum Gasteiger partial charge on any atom is -0.351 e. The number of amides is 1. The van der Waals surface area contributed by atoms with Gasteiger partial charge < -0.3 is 14.8 Å². The van der Waals surface area contributed by atoms with Gasteiger partial charge in [0.05, 0.1) is 17.5 Å². The molecule has 0 radical (unpaired) electrons. The fourth-order valence-corrected chi connectivity index (χ4v) is 4.45. The summed E-state index contributed by atoms with van der Waals surface area (Å²) < 4.78 is 0. The summed E-state index contributed by atoms with van der Waals surface area (Å²) in [5, 5.41) is 1.05. The summed E-state index contributed by atoms with van der Waals surface area (Å²) in [6, 6.07) is 6.16. The number of likely N-dealkylation sites (tertiary alicyclic amines) is 1. The maximum Gasteiger partial charge on any atom is 0.254 e. The molecule has 2 aliphatic heterocycles. The molecule has 1 amide bonds. The molecular formula is C19H20N6O. The van der Waals surface area contributed by atoms with Crippen molar-refractivity contribution in [3.63, 3.8) is 0 Å². The van der Waals surface area contributed by atoms with Crippen molar-refractivity contribution >= 4 is 22.8 Å². The minimum atomic E-state index is 0.110. The Balaban J connectivity index is 1.46. The number of aromatic nitrogens is 4. The first-order valence-corrected chi connectivity index (χ1v) is 9.08. The fourth-order valence-electron chi connectivity index (χ4n) is 4.45. The van der Waals surface area contributed by atoms with Crippen molar-refractivity contribution < 1.29 is 4.79 Å². The number of anilines is 1. The summed E-state index contributed by atoms with van der Waals surface area (Å²) in [6.45, 7) is 1.73. The number of piperidine rings is 1. The van der Waals surface area contributed by atoms with Crippen LogP contribution < -0.4 is 4.90 Å². The molecule has 0 aromatic carbocycles. The van der Waals surface area contributed by atoms with E-state index < -0.39 is 0 Å². The molecule has 3 aromatic heterocycles. The van der Waals surface area contributed by atoms with Crippen molar-refractivity contribution in [1.29, 1.82) is 0 Å². The van der Waals surface area contributed by atoms with E-state index in [4.69, 9.17) is 0 Å². The van der Waals surface area contributed by atoms with Gasteiger partial charge in [0.15, 0.2) is 0 Å². The van der Waals surface area contributed by atoms with Crippen LogP contribution in [-0.4, -0.2) is 55.9 Å². The Labute approximate surface area is 151 Å².